The Labute approximate surface area is 152 Å². The molecule has 0 amide bonds. The van der Waals surface area contributed by atoms with Crippen LogP contribution in [0.5, 0.6) is 0 Å². The third kappa shape index (κ3) is 2.96. The van der Waals surface area contributed by atoms with Crippen molar-refractivity contribution < 1.29 is 4.57 Å². The lowest BCUT2D eigenvalue weighted by Crippen LogP contribution is -2.25. The van der Waals surface area contributed by atoms with Crippen molar-refractivity contribution in [1.82, 2.24) is 15.0 Å². The van der Waals surface area contributed by atoms with Crippen molar-refractivity contribution in [2.45, 2.75) is 0 Å². The van der Waals surface area contributed by atoms with Gasteiger partial charge in [-0.2, -0.15) is 0 Å². The molecule has 0 aliphatic heterocycles. The van der Waals surface area contributed by atoms with Crippen LogP contribution in [0.15, 0.2) is 97.6 Å². The first-order valence-electron chi connectivity index (χ1n) is 8.23. The first-order chi connectivity index (χ1) is 12.8. The van der Waals surface area contributed by atoms with Crippen molar-refractivity contribution in [3.05, 3.63) is 97.6 Å². The highest BCUT2D eigenvalue weighted by Crippen LogP contribution is 2.42. The second kappa shape index (κ2) is 7.03. The van der Waals surface area contributed by atoms with Gasteiger partial charge in [0.05, 0.1) is 0 Å². The lowest BCUT2D eigenvalue weighted by atomic mass is 10.2. The molecule has 26 heavy (non-hydrogen) atoms. The first kappa shape index (κ1) is 16.4. The first-order valence-corrected chi connectivity index (χ1v) is 9.93. The van der Waals surface area contributed by atoms with E-state index in [1.807, 2.05) is 84.9 Å². The normalized spacial score (nSPS) is 11.2. The van der Waals surface area contributed by atoms with Gasteiger partial charge in [0.25, 0.3) is 0 Å². The fraction of sp³-hybridized carbons (Fsp3) is 0. The third-order valence-corrected chi connectivity index (χ3v) is 7.26. The highest BCUT2D eigenvalue weighted by molar-refractivity contribution is 7.85. The van der Waals surface area contributed by atoms with E-state index in [9.17, 15) is 4.57 Å². The van der Waals surface area contributed by atoms with E-state index in [0.29, 0.717) is 5.82 Å². The minimum Gasteiger partial charge on any atom is -0.309 e. The summed E-state index contributed by atoms with van der Waals surface area (Å²) in [7, 11) is -3.00. The van der Waals surface area contributed by atoms with E-state index < -0.39 is 7.14 Å². The Morgan fingerprint density at radius 2 is 1.15 bits per heavy atom. The molecular weight excluding hydrogens is 341 g/mol. The summed E-state index contributed by atoms with van der Waals surface area (Å²) >= 11 is 0. The van der Waals surface area contributed by atoms with Crippen molar-refractivity contribution >= 4 is 23.1 Å². The molecule has 4 rings (SSSR count). The van der Waals surface area contributed by atoms with Gasteiger partial charge in [-0.15, -0.1) is 0 Å². The summed E-state index contributed by atoms with van der Waals surface area (Å²) in [6.45, 7) is 0. The van der Waals surface area contributed by atoms with Crippen LogP contribution in [0.4, 0.5) is 0 Å². The molecule has 0 unspecified atom stereocenters. The Balaban J connectivity index is 1.93. The SMILES string of the molecule is O=P(c1ccccc1)(c1ccccc1)c1cccc(-c2ncncn2)c1. The predicted octanol–water partition coefficient (Wildman–Crippen LogP) is 3.18. The van der Waals surface area contributed by atoms with E-state index in [2.05, 4.69) is 15.0 Å². The maximum Gasteiger partial charge on any atom is 0.171 e. The van der Waals surface area contributed by atoms with Crippen LogP contribution in [0.25, 0.3) is 11.4 Å². The molecule has 0 spiro atoms. The predicted molar refractivity (Wildman–Crippen MR) is 105 cm³/mol. The lowest BCUT2D eigenvalue weighted by molar-refractivity contribution is 0.592. The summed E-state index contributed by atoms with van der Waals surface area (Å²) in [5.41, 5.74) is 0.817. The number of hydrogen-bond donors (Lipinski definition) is 0. The van der Waals surface area contributed by atoms with Crippen molar-refractivity contribution in [2.75, 3.05) is 0 Å². The van der Waals surface area contributed by atoms with Gasteiger partial charge in [0, 0.05) is 21.5 Å². The Morgan fingerprint density at radius 1 is 0.615 bits per heavy atom. The summed E-state index contributed by atoms with van der Waals surface area (Å²) in [5, 5.41) is 2.37. The van der Waals surface area contributed by atoms with E-state index in [-0.39, 0.29) is 0 Å². The molecule has 5 heteroatoms. The van der Waals surface area contributed by atoms with E-state index >= 15 is 0 Å². The van der Waals surface area contributed by atoms with Crippen LogP contribution in [-0.2, 0) is 4.57 Å². The lowest BCUT2D eigenvalue weighted by Gasteiger charge is -2.20. The molecule has 4 aromatic rings. The van der Waals surface area contributed by atoms with Crippen molar-refractivity contribution in [3.63, 3.8) is 0 Å². The number of rotatable bonds is 4. The fourth-order valence-electron chi connectivity index (χ4n) is 2.95. The van der Waals surface area contributed by atoms with Gasteiger partial charge >= 0.3 is 0 Å². The van der Waals surface area contributed by atoms with Gasteiger partial charge in [0.2, 0.25) is 0 Å². The standard InChI is InChI=1S/C21H16N3OP/c25-26(18-9-3-1-4-10-18,19-11-5-2-6-12-19)20-13-7-8-17(14-20)21-23-15-22-16-24-21/h1-16H. The second-order valence-corrected chi connectivity index (χ2v) is 8.56. The number of hydrogen-bond acceptors (Lipinski definition) is 4. The third-order valence-electron chi connectivity index (χ3n) is 4.20. The number of nitrogens with zero attached hydrogens (tertiary/aromatic N) is 3. The highest BCUT2D eigenvalue weighted by Gasteiger charge is 2.29. The molecule has 0 aliphatic rings. The monoisotopic (exact) mass is 357 g/mol. The van der Waals surface area contributed by atoms with E-state index in [0.717, 1.165) is 21.5 Å². The van der Waals surface area contributed by atoms with Crippen molar-refractivity contribution in [2.24, 2.45) is 0 Å². The molecule has 0 saturated heterocycles. The highest BCUT2D eigenvalue weighted by atomic mass is 31.2. The Bertz CT molecular complexity index is 1010. The molecule has 0 N–H and O–H groups in total. The van der Waals surface area contributed by atoms with Gasteiger partial charge < -0.3 is 4.57 Å². The zero-order valence-electron chi connectivity index (χ0n) is 13.9. The molecule has 126 valence electrons. The summed E-state index contributed by atoms with van der Waals surface area (Å²) in [6.07, 6.45) is 2.92. The summed E-state index contributed by atoms with van der Waals surface area (Å²) in [4.78, 5) is 12.3. The average Bonchev–Trinajstić information content (AvgIpc) is 2.75. The van der Waals surface area contributed by atoms with Gasteiger partial charge in [-0.25, -0.2) is 15.0 Å². The van der Waals surface area contributed by atoms with E-state index in [4.69, 9.17) is 0 Å². The average molecular weight is 357 g/mol. The van der Waals surface area contributed by atoms with Crippen LogP contribution in [0.1, 0.15) is 0 Å². The Morgan fingerprint density at radius 3 is 1.73 bits per heavy atom. The van der Waals surface area contributed by atoms with Gasteiger partial charge in [-0.1, -0.05) is 78.9 Å². The number of benzene rings is 3. The largest absolute Gasteiger partial charge is 0.309 e. The fourth-order valence-corrected chi connectivity index (χ4v) is 5.65. The van der Waals surface area contributed by atoms with Crippen LogP contribution in [0.3, 0.4) is 0 Å². The summed E-state index contributed by atoms with van der Waals surface area (Å²) < 4.78 is 14.3. The van der Waals surface area contributed by atoms with Crippen LogP contribution < -0.4 is 15.9 Å². The van der Waals surface area contributed by atoms with Crippen molar-refractivity contribution in [3.8, 4) is 11.4 Å². The Hall–Kier alpha value is -3.10. The smallest absolute Gasteiger partial charge is 0.171 e. The minimum absolute atomic E-state index is 0.564. The molecule has 4 nitrogen and oxygen atoms in total. The van der Waals surface area contributed by atoms with E-state index in [1.165, 1.54) is 12.7 Å². The topological polar surface area (TPSA) is 55.7 Å². The summed E-state index contributed by atoms with van der Waals surface area (Å²) in [5.74, 6) is 0.564. The molecule has 1 heterocycles. The Kier molecular flexibility index (Phi) is 4.42. The van der Waals surface area contributed by atoms with Crippen LogP contribution in [0, 0.1) is 0 Å². The zero-order valence-corrected chi connectivity index (χ0v) is 14.8. The zero-order chi connectivity index (χ0) is 17.8. The molecular formula is C21H16N3OP. The van der Waals surface area contributed by atoms with Crippen LogP contribution in [-0.4, -0.2) is 15.0 Å². The molecule has 0 bridgehead atoms. The molecule has 0 saturated carbocycles. The molecule has 0 radical (unpaired) electrons. The summed E-state index contributed by atoms with van der Waals surface area (Å²) in [6, 6.07) is 26.8. The van der Waals surface area contributed by atoms with Gasteiger partial charge in [-0.3, -0.25) is 0 Å². The van der Waals surface area contributed by atoms with Crippen LogP contribution in [0.2, 0.25) is 0 Å². The van der Waals surface area contributed by atoms with Crippen LogP contribution >= 0.6 is 7.14 Å². The van der Waals surface area contributed by atoms with Gasteiger partial charge in [-0.05, 0) is 6.07 Å². The quantitative estimate of drug-likeness (QED) is 0.527. The molecule has 0 atom stereocenters. The van der Waals surface area contributed by atoms with Gasteiger partial charge in [0.15, 0.2) is 13.0 Å². The van der Waals surface area contributed by atoms with Crippen molar-refractivity contribution in [1.29, 1.82) is 0 Å². The molecule has 0 aliphatic carbocycles. The molecule has 3 aromatic carbocycles. The molecule has 0 fully saturated rings. The van der Waals surface area contributed by atoms with E-state index in [1.54, 1.807) is 0 Å². The van der Waals surface area contributed by atoms with Gasteiger partial charge in [0.1, 0.15) is 12.7 Å². The molecule has 1 aromatic heterocycles. The maximum absolute atomic E-state index is 14.3. The second-order valence-electron chi connectivity index (χ2n) is 5.79. The number of aromatic nitrogens is 3. The minimum atomic E-state index is -3.00. The maximum atomic E-state index is 14.3.